The van der Waals surface area contributed by atoms with Crippen molar-refractivity contribution in [2.75, 3.05) is 0 Å². The van der Waals surface area contributed by atoms with Crippen LogP contribution in [0.5, 0.6) is 0 Å². The van der Waals surface area contributed by atoms with Gasteiger partial charge in [0.25, 0.3) is 0 Å². The first-order chi connectivity index (χ1) is 12.1. The highest BCUT2D eigenvalue weighted by Crippen LogP contribution is 2.27. The number of benzene rings is 1. The molecule has 25 heavy (non-hydrogen) atoms. The third kappa shape index (κ3) is 3.14. The number of aromatic nitrogens is 5. The molecule has 0 spiro atoms. The van der Waals surface area contributed by atoms with Gasteiger partial charge in [-0.1, -0.05) is 19.3 Å². The molecule has 0 bridgehead atoms. The number of fused-ring (bicyclic) bond motifs is 1. The maximum atomic E-state index is 11.6. The Morgan fingerprint density at radius 1 is 1.08 bits per heavy atom. The van der Waals surface area contributed by atoms with E-state index in [9.17, 15) is 9.59 Å². The Kier molecular flexibility index (Phi) is 3.99. The molecule has 0 amide bonds. The van der Waals surface area contributed by atoms with Gasteiger partial charge in [0, 0.05) is 12.1 Å². The first-order valence-corrected chi connectivity index (χ1v) is 8.78. The third-order valence-electron chi connectivity index (χ3n) is 4.91. The quantitative estimate of drug-likeness (QED) is 0.716. The minimum atomic E-state index is -0.649. The zero-order chi connectivity index (χ0) is 17.4. The minimum absolute atomic E-state index is 0.590. The van der Waals surface area contributed by atoms with Crippen molar-refractivity contribution >= 4 is 11.0 Å². The van der Waals surface area contributed by atoms with E-state index in [0.717, 1.165) is 23.8 Å². The zero-order valence-corrected chi connectivity index (χ0v) is 14.2. The third-order valence-corrected chi connectivity index (χ3v) is 4.91. The molecule has 2 N–H and O–H groups in total. The van der Waals surface area contributed by atoms with Gasteiger partial charge in [0.15, 0.2) is 5.82 Å². The molecule has 1 fully saturated rings. The molecule has 2 heterocycles. The zero-order valence-electron chi connectivity index (χ0n) is 14.2. The average molecular weight is 339 g/mol. The Morgan fingerprint density at radius 3 is 2.56 bits per heavy atom. The van der Waals surface area contributed by atoms with Gasteiger partial charge < -0.3 is 9.97 Å². The fourth-order valence-corrected chi connectivity index (χ4v) is 3.66. The number of aryl methyl sites for hydroxylation is 1. The molecule has 1 aromatic carbocycles. The van der Waals surface area contributed by atoms with Crippen LogP contribution in [0.3, 0.4) is 0 Å². The molecule has 1 aliphatic rings. The first kappa shape index (κ1) is 15.8. The Morgan fingerprint density at radius 2 is 1.80 bits per heavy atom. The number of aromatic amines is 2. The van der Waals surface area contributed by atoms with Gasteiger partial charge in [0.1, 0.15) is 5.82 Å². The molecule has 0 atom stereocenters. The van der Waals surface area contributed by atoms with Gasteiger partial charge in [-0.05, 0) is 43.9 Å². The van der Waals surface area contributed by atoms with Crippen molar-refractivity contribution in [3.8, 4) is 11.4 Å². The average Bonchev–Trinajstić information content (AvgIpc) is 2.97. The first-order valence-electron chi connectivity index (χ1n) is 8.78. The number of hydrogen-bond donors (Lipinski definition) is 2. The highest BCUT2D eigenvalue weighted by atomic mass is 16.2. The highest BCUT2D eigenvalue weighted by molar-refractivity contribution is 5.79. The van der Waals surface area contributed by atoms with E-state index >= 15 is 0 Å². The van der Waals surface area contributed by atoms with Crippen molar-refractivity contribution in [3.05, 3.63) is 44.7 Å². The maximum absolute atomic E-state index is 11.6. The van der Waals surface area contributed by atoms with Crippen molar-refractivity contribution in [2.24, 2.45) is 5.92 Å². The Bertz CT molecular complexity index is 1020. The fourth-order valence-electron chi connectivity index (χ4n) is 3.66. The molecule has 1 saturated carbocycles. The van der Waals surface area contributed by atoms with Gasteiger partial charge in [-0.15, -0.1) is 0 Å². The van der Waals surface area contributed by atoms with Crippen molar-refractivity contribution in [3.63, 3.8) is 0 Å². The van der Waals surface area contributed by atoms with Crippen LogP contribution in [0.2, 0.25) is 0 Å². The van der Waals surface area contributed by atoms with E-state index in [-0.39, 0.29) is 0 Å². The lowest BCUT2D eigenvalue weighted by Crippen LogP contribution is -2.28. The Labute approximate surface area is 144 Å². The van der Waals surface area contributed by atoms with Gasteiger partial charge in [0.2, 0.25) is 0 Å². The summed E-state index contributed by atoms with van der Waals surface area (Å²) in [6.45, 7) is 2.76. The molecule has 1 aliphatic carbocycles. The topological polar surface area (TPSA) is 96.4 Å². The molecule has 7 heteroatoms. The van der Waals surface area contributed by atoms with Crippen molar-refractivity contribution in [1.82, 2.24) is 24.7 Å². The van der Waals surface area contributed by atoms with Crippen LogP contribution >= 0.6 is 0 Å². The lowest BCUT2D eigenvalue weighted by atomic mass is 9.89. The van der Waals surface area contributed by atoms with Crippen molar-refractivity contribution < 1.29 is 0 Å². The lowest BCUT2D eigenvalue weighted by Gasteiger charge is -2.21. The van der Waals surface area contributed by atoms with Crippen LogP contribution in [-0.4, -0.2) is 24.7 Å². The maximum Gasteiger partial charge on any atom is 0.314 e. The minimum Gasteiger partial charge on any atom is -0.316 e. The highest BCUT2D eigenvalue weighted by Gasteiger charge is 2.18. The van der Waals surface area contributed by atoms with E-state index < -0.39 is 11.1 Å². The predicted octanol–water partition coefficient (Wildman–Crippen LogP) is 2.36. The van der Waals surface area contributed by atoms with Crippen molar-refractivity contribution in [2.45, 2.75) is 45.6 Å². The summed E-state index contributed by atoms with van der Waals surface area (Å²) in [6, 6.07) is 5.53. The second kappa shape index (κ2) is 6.31. The van der Waals surface area contributed by atoms with Gasteiger partial charge in [-0.2, -0.15) is 5.10 Å². The molecule has 4 rings (SSSR count). The largest absolute Gasteiger partial charge is 0.316 e. The van der Waals surface area contributed by atoms with Crippen LogP contribution in [-0.2, 0) is 6.54 Å². The summed E-state index contributed by atoms with van der Waals surface area (Å²) in [5, 5.41) is 4.57. The smallest absolute Gasteiger partial charge is 0.314 e. The molecule has 0 unspecified atom stereocenters. The van der Waals surface area contributed by atoms with E-state index in [1.165, 1.54) is 32.1 Å². The molecule has 3 aromatic rings. The van der Waals surface area contributed by atoms with Crippen LogP contribution in [0.4, 0.5) is 0 Å². The van der Waals surface area contributed by atoms with Crippen LogP contribution in [0.1, 0.15) is 37.9 Å². The number of rotatable bonds is 3. The van der Waals surface area contributed by atoms with Crippen LogP contribution in [0.15, 0.2) is 27.8 Å². The van der Waals surface area contributed by atoms with Gasteiger partial charge in [0.05, 0.1) is 11.0 Å². The molecule has 7 nitrogen and oxygen atoms in total. The number of hydrogen-bond acceptors (Lipinski definition) is 4. The van der Waals surface area contributed by atoms with E-state index in [4.69, 9.17) is 0 Å². The Hall–Kier alpha value is -2.70. The van der Waals surface area contributed by atoms with E-state index in [0.29, 0.717) is 17.0 Å². The second-order valence-corrected chi connectivity index (χ2v) is 6.84. The molecule has 130 valence electrons. The summed E-state index contributed by atoms with van der Waals surface area (Å²) in [5.41, 5.74) is 0.781. The number of nitrogens with zero attached hydrogens (tertiary/aromatic N) is 3. The summed E-state index contributed by atoms with van der Waals surface area (Å²) in [6.07, 6.45) is 6.39. The van der Waals surface area contributed by atoms with Gasteiger partial charge in [-0.3, -0.25) is 9.59 Å². The van der Waals surface area contributed by atoms with Crippen LogP contribution < -0.4 is 11.1 Å². The predicted molar refractivity (Wildman–Crippen MR) is 95.5 cm³/mol. The lowest BCUT2D eigenvalue weighted by molar-refractivity contribution is 0.309. The van der Waals surface area contributed by atoms with Gasteiger partial charge in [-0.25, -0.2) is 9.67 Å². The van der Waals surface area contributed by atoms with Crippen LogP contribution in [0, 0.1) is 12.8 Å². The monoisotopic (exact) mass is 339 g/mol. The molecular formula is C18H21N5O2. The molecule has 0 radical (unpaired) electrons. The summed E-state index contributed by atoms with van der Waals surface area (Å²) in [5.74, 6) is 2.18. The summed E-state index contributed by atoms with van der Waals surface area (Å²) in [7, 11) is 0. The normalized spacial score (nSPS) is 15.7. The SMILES string of the molecule is Cc1nc(-c2ccc3[nH]c(=O)c(=O)[nH]c3c2)n(CC2CCCCC2)n1. The molecule has 0 aliphatic heterocycles. The standard InChI is InChI=1S/C18H21N5O2/c1-11-19-16(23(22-11)10-12-5-3-2-4-6-12)13-7-8-14-15(9-13)21-18(25)17(24)20-14/h7-9,12H,2-6,10H2,1H3,(H,20,24)(H,21,25). The Balaban J connectivity index is 1.73. The number of H-pyrrole nitrogens is 2. The summed E-state index contributed by atoms with van der Waals surface area (Å²) >= 11 is 0. The summed E-state index contributed by atoms with van der Waals surface area (Å²) < 4.78 is 1.98. The van der Waals surface area contributed by atoms with Crippen molar-refractivity contribution in [1.29, 1.82) is 0 Å². The second-order valence-electron chi connectivity index (χ2n) is 6.84. The molecule has 2 aromatic heterocycles. The molecule has 0 saturated heterocycles. The van der Waals surface area contributed by atoms with E-state index in [2.05, 4.69) is 20.1 Å². The fraction of sp³-hybridized carbons (Fsp3) is 0.444. The molecular weight excluding hydrogens is 318 g/mol. The number of nitrogens with one attached hydrogen (secondary N) is 2. The van der Waals surface area contributed by atoms with E-state index in [1.807, 2.05) is 23.7 Å². The van der Waals surface area contributed by atoms with Gasteiger partial charge >= 0.3 is 11.1 Å². The summed E-state index contributed by atoms with van der Waals surface area (Å²) in [4.78, 5) is 32.8. The van der Waals surface area contributed by atoms with Crippen LogP contribution in [0.25, 0.3) is 22.4 Å². The van der Waals surface area contributed by atoms with E-state index in [1.54, 1.807) is 6.07 Å².